The summed E-state index contributed by atoms with van der Waals surface area (Å²) in [4.78, 5) is 10.6. The van der Waals surface area contributed by atoms with Crippen LogP contribution in [0.3, 0.4) is 0 Å². The highest BCUT2D eigenvalue weighted by atomic mass is 79.9. The Morgan fingerprint density at radius 2 is 1.95 bits per heavy atom. The Morgan fingerprint density at radius 1 is 1.20 bits per heavy atom. The van der Waals surface area contributed by atoms with Crippen LogP contribution in [0.5, 0.6) is 11.5 Å². The van der Waals surface area contributed by atoms with Gasteiger partial charge in [0.2, 0.25) is 0 Å². The molecule has 0 N–H and O–H groups in total. The van der Waals surface area contributed by atoms with E-state index in [0.717, 1.165) is 0 Å². The molecule has 2 heterocycles. The number of rotatable bonds is 2. The van der Waals surface area contributed by atoms with Gasteiger partial charge >= 0.3 is 6.29 Å². The second-order valence-electron chi connectivity index (χ2n) is 3.86. The molecule has 0 radical (unpaired) electrons. The van der Waals surface area contributed by atoms with Crippen LogP contribution >= 0.6 is 31.9 Å². The van der Waals surface area contributed by atoms with Crippen LogP contribution < -0.4 is 9.47 Å². The Bertz CT molecular complexity index is 712. The van der Waals surface area contributed by atoms with Crippen LogP contribution in [0.2, 0.25) is 0 Å². The van der Waals surface area contributed by atoms with Crippen molar-refractivity contribution in [2.24, 2.45) is 0 Å². The minimum absolute atomic E-state index is 0.0975. The van der Waals surface area contributed by atoms with E-state index in [1.165, 1.54) is 12.1 Å². The molecule has 1 aliphatic rings. The van der Waals surface area contributed by atoms with Crippen molar-refractivity contribution >= 4 is 38.1 Å². The highest BCUT2D eigenvalue weighted by molar-refractivity contribution is 9.11. The van der Waals surface area contributed by atoms with E-state index >= 15 is 0 Å². The molecule has 4 nitrogen and oxygen atoms in total. The van der Waals surface area contributed by atoms with E-state index in [1.807, 2.05) is 0 Å². The van der Waals surface area contributed by atoms with Gasteiger partial charge in [0, 0.05) is 10.0 Å². The van der Waals surface area contributed by atoms with Crippen molar-refractivity contribution in [3.05, 3.63) is 32.9 Å². The molecule has 1 aromatic carbocycles. The number of ether oxygens (including phenoxy) is 2. The number of hydrogen-bond acceptors (Lipinski definition) is 4. The predicted molar refractivity (Wildman–Crippen MR) is 71.1 cm³/mol. The van der Waals surface area contributed by atoms with Gasteiger partial charge in [-0.25, -0.2) is 0 Å². The Labute approximate surface area is 127 Å². The van der Waals surface area contributed by atoms with Crippen molar-refractivity contribution < 1.29 is 27.5 Å². The van der Waals surface area contributed by atoms with Gasteiger partial charge in [-0.3, -0.25) is 4.79 Å². The van der Waals surface area contributed by atoms with Crippen molar-refractivity contribution in [2.75, 3.05) is 0 Å². The highest BCUT2D eigenvalue weighted by Gasteiger charge is 2.45. The summed E-state index contributed by atoms with van der Waals surface area (Å²) in [6.45, 7) is 0. The van der Waals surface area contributed by atoms with Crippen molar-refractivity contribution in [2.45, 2.75) is 6.29 Å². The van der Waals surface area contributed by atoms with Crippen LogP contribution in [0.15, 0.2) is 31.6 Å². The molecule has 0 atom stereocenters. The van der Waals surface area contributed by atoms with Crippen LogP contribution in [-0.2, 0) is 0 Å². The van der Waals surface area contributed by atoms with Gasteiger partial charge in [-0.15, -0.1) is 8.78 Å². The number of hydrogen-bond donors (Lipinski definition) is 0. The first-order valence-corrected chi connectivity index (χ1v) is 6.83. The smallest absolute Gasteiger partial charge is 0.453 e. The van der Waals surface area contributed by atoms with E-state index in [0.29, 0.717) is 22.1 Å². The zero-order valence-electron chi connectivity index (χ0n) is 9.45. The van der Waals surface area contributed by atoms with Gasteiger partial charge in [-0.1, -0.05) is 0 Å². The lowest BCUT2D eigenvalue weighted by molar-refractivity contribution is -0.286. The van der Waals surface area contributed by atoms with Crippen molar-refractivity contribution in [1.29, 1.82) is 0 Å². The van der Waals surface area contributed by atoms with Gasteiger partial charge in [0.05, 0.1) is 4.47 Å². The fraction of sp³-hybridized carbons (Fsp3) is 0.0833. The number of alkyl halides is 2. The number of halogens is 4. The SMILES string of the molecule is O=Cc1ccc(-c2c(Br)cc3c(c2Br)OC(F)(F)O3)o1. The summed E-state index contributed by atoms with van der Waals surface area (Å²) in [7, 11) is 0. The fourth-order valence-corrected chi connectivity index (χ4v) is 3.35. The molecule has 0 spiro atoms. The summed E-state index contributed by atoms with van der Waals surface area (Å²) in [5.41, 5.74) is 0.443. The summed E-state index contributed by atoms with van der Waals surface area (Å²) in [6, 6.07) is 4.37. The standard InChI is InChI=1S/C12H4Br2F2O4/c13-6-3-8-11(20-12(15,16)19-8)10(14)9(6)7-2-1-5(4-17)18-7/h1-4H. The van der Waals surface area contributed by atoms with Gasteiger partial charge in [0.25, 0.3) is 0 Å². The second kappa shape index (κ2) is 4.56. The molecule has 104 valence electrons. The first kappa shape index (κ1) is 13.6. The fourth-order valence-electron chi connectivity index (χ4n) is 1.79. The van der Waals surface area contributed by atoms with Gasteiger partial charge < -0.3 is 13.9 Å². The zero-order chi connectivity index (χ0) is 14.5. The second-order valence-corrected chi connectivity index (χ2v) is 5.51. The molecule has 0 unspecified atom stereocenters. The zero-order valence-corrected chi connectivity index (χ0v) is 12.6. The first-order chi connectivity index (χ1) is 9.41. The minimum atomic E-state index is -3.71. The molecule has 3 rings (SSSR count). The van der Waals surface area contributed by atoms with E-state index in [4.69, 9.17) is 4.42 Å². The Balaban J connectivity index is 2.16. The number of aldehydes is 1. The first-order valence-electron chi connectivity index (χ1n) is 5.24. The number of furan rings is 1. The quantitative estimate of drug-likeness (QED) is 0.680. The van der Waals surface area contributed by atoms with Crippen molar-refractivity contribution in [1.82, 2.24) is 0 Å². The van der Waals surface area contributed by atoms with Crippen LogP contribution in [0.1, 0.15) is 10.6 Å². The molecule has 2 aromatic rings. The topological polar surface area (TPSA) is 48.7 Å². The van der Waals surface area contributed by atoms with Gasteiger partial charge in [-0.2, -0.15) is 0 Å². The predicted octanol–water partition coefficient (Wildman–Crippen LogP) is 4.61. The van der Waals surface area contributed by atoms with E-state index in [2.05, 4.69) is 41.3 Å². The number of carbonyl (C=O) groups is 1. The van der Waals surface area contributed by atoms with Crippen LogP contribution in [0, 0.1) is 0 Å². The Hall–Kier alpha value is -1.41. The maximum absolute atomic E-state index is 13.1. The summed E-state index contributed by atoms with van der Waals surface area (Å²) < 4.78 is 41.0. The molecule has 0 bridgehead atoms. The maximum Gasteiger partial charge on any atom is 0.586 e. The minimum Gasteiger partial charge on any atom is -0.453 e. The monoisotopic (exact) mass is 408 g/mol. The number of fused-ring (bicyclic) bond motifs is 1. The van der Waals surface area contributed by atoms with Gasteiger partial charge in [-0.05, 0) is 50.1 Å². The molecule has 8 heteroatoms. The van der Waals surface area contributed by atoms with E-state index < -0.39 is 6.29 Å². The lowest BCUT2D eigenvalue weighted by Crippen LogP contribution is -2.26. The average molecular weight is 410 g/mol. The van der Waals surface area contributed by atoms with E-state index in [-0.39, 0.29) is 21.7 Å². The summed E-state index contributed by atoms with van der Waals surface area (Å²) in [6.07, 6.45) is -3.16. The Morgan fingerprint density at radius 3 is 2.60 bits per heavy atom. The average Bonchev–Trinajstić information content (AvgIpc) is 2.93. The van der Waals surface area contributed by atoms with Crippen LogP contribution in [0.25, 0.3) is 11.3 Å². The largest absolute Gasteiger partial charge is 0.586 e. The number of benzene rings is 1. The third kappa shape index (κ3) is 2.12. The third-order valence-corrected chi connectivity index (χ3v) is 3.96. The molecular weight excluding hydrogens is 406 g/mol. The van der Waals surface area contributed by atoms with Crippen LogP contribution in [0.4, 0.5) is 8.78 Å². The van der Waals surface area contributed by atoms with E-state index in [9.17, 15) is 13.6 Å². The summed E-state index contributed by atoms with van der Waals surface area (Å²) in [5.74, 6) is 0.228. The lowest BCUT2D eigenvalue weighted by atomic mass is 10.1. The maximum atomic E-state index is 13.1. The normalized spacial score (nSPS) is 15.4. The summed E-state index contributed by atoms with van der Waals surface area (Å²) in [5, 5.41) is 0. The molecule has 0 saturated heterocycles. The van der Waals surface area contributed by atoms with Crippen molar-refractivity contribution in [3.8, 4) is 22.8 Å². The molecule has 0 fully saturated rings. The highest BCUT2D eigenvalue weighted by Crippen LogP contribution is 2.52. The Kier molecular flexibility index (Phi) is 3.09. The van der Waals surface area contributed by atoms with Gasteiger partial charge in [0.15, 0.2) is 23.5 Å². The third-order valence-electron chi connectivity index (χ3n) is 2.58. The van der Waals surface area contributed by atoms with Gasteiger partial charge in [0.1, 0.15) is 5.76 Å². The summed E-state index contributed by atoms with van der Waals surface area (Å²) >= 11 is 6.43. The van der Waals surface area contributed by atoms with E-state index in [1.54, 1.807) is 6.07 Å². The molecule has 20 heavy (non-hydrogen) atoms. The molecular formula is C12H4Br2F2O4. The molecule has 1 aromatic heterocycles. The molecule has 1 aliphatic heterocycles. The van der Waals surface area contributed by atoms with Crippen LogP contribution in [-0.4, -0.2) is 12.6 Å². The number of carbonyl (C=O) groups excluding carboxylic acids is 1. The molecule has 0 aliphatic carbocycles. The molecule has 0 saturated carbocycles. The molecule has 0 amide bonds. The van der Waals surface area contributed by atoms with Crippen molar-refractivity contribution in [3.63, 3.8) is 0 Å². The lowest BCUT2D eigenvalue weighted by Gasteiger charge is -2.07.